The molecule has 0 atom stereocenters. The maximum absolute atomic E-state index is 5.94. The number of nitrogens with two attached hydrogens (primary N) is 1. The fourth-order valence-corrected chi connectivity index (χ4v) is 2.06. The van der Waals surface area contributed by atoms with Gasteiger partial charge in [-0.2, -0.15) is 0 Å². The van der Waals surface area contributed by atoms with Crippen molar-refractivity contribution < 1.29 is 4.74 Å². The van der Waals surface area contributed by atoms with Crippen LogP contribution in [0.15, 0.2) is 55.1 Å². The molecular weight excluding hydrogens is 258 g/mol. The number of ether oxygens (including phenoxy) is 1. The summed E-state index contributed by atoms with van der Waals surface area (Å²) in [4.78, 5) is 0. The molecule has 0 saturated heterocycles. The molecule has 3 heteroatoms. The normalized spacial score (nSPS) is 10.2. The highest BCUT2D eigenvalue weighted by atomic mass is 35.5. The van der Waals surface area contributed by atoms with Gasteiger partial charge in [0.15, 0.2) is 0 Å². The van der Waals surface area contributed by atoms with Crippen LogP contribution in [0.5, 0.6) is 5.75 Å². The molecule has 2 rings (SSSR count). The number of hydrogen-bond acceptors (Lipinski definition) is 2. The smallest absolute Gasteiger partial charge is 0.123 e. The topological polar surface area (TPSA) is 35.2 Å². The van der Waals surface area contributed by atoms with Gasteiger partial charge in [0.25, 0.3) is 0 Å². The van der Waals surface area contributed by atoms with Crippen LogP contribution in [-0.4, -0.2) is 0 Å². The van der Waals surface area contributed by atoms with Gasteiger partial charge < -0.3 is 10.5 Å². The number of nitrogen functional groups attached to an aromatic ring is 1. The van der Waals surface area contributed by atoms with Crippen LogP contribution < -0.4 is 10.5 Å². The quantitative estimate of drug-likeness (QED) is 0.654. The van der Waals surface area contributed by atoms with Crippen LogP contribution in [0.3, 0.4) is 0 Å². The van der Waals surface area contributed by atoms with E-state index < -0.39 is 0 Å². The van der Waals surface area contributed by atoms with Crippen molar-refractivity contribution >= 4 is 17.3 Å². The first-order valence-corrected chi connectivity index (χ1v) is 6.43. The molecule has 0 heterocycles. The maximum Gasteiger partial charge on any atom is 0.123 e. The summed E-state index contributed by atoms with van der Waals surface area (Å²) in [5, 5.41) is 0.713. The molecule has 0 aliphatic carbocycles. The summed E-state index contributed by atoms with van der Waals surface area (Å²) in [6.07, 6.45) is 2.57. The van der Waals surface area contributed by atoms with E-state index in [2.05, 4.69) is 6.58 Å². The zero-order chi connectivity index (χ0) is 13.7. The Morgan fingerprint density at radius 1 is 1.21 bits per heavy atom. The predicted molar refractivity (Wildman–Crippen MR) is 80.5 cm³/mol. The van der Waals surface area contributed by atoms with Crippen molar-refractivity contribution in [1.29, 1.82) is 0 Å². The van der Waals surface area contributed by atoms with Crippen LogP contribution in [0.25, 0.3) is 0 Å². The monoisotopic (exact) mass is 273 g/mol. The van der Waals surface area contributed by atoms with Crippen molar-refractivity contribution in [2.24, 2.45) is 0 Å². The Morgan fingerprint density at radius 2 is 2.05 bits per heavy atom. The second-order valence-electron chi connectivity index (χ2n) is 4.28. The minimum Gasteiger partial charge on any atom is -0.489 e. The SMILES string of the molecule is C=CCc1cc(N)ccc1OCc1cccc(Cl)c1. The summed E-state index contributed by atoms with van der Waals surface area (Å²) < 4.78 is 5.82. The summed E-state index contributed by atoms with van der Waals surface area (Å²) in [5.74, 6) is 0.828. The number of rotatable bonds is 5. The molecular formula is C16H16ClNO. The lowest BCUT2D eigenvalue weighted by Crippen LogP contribution is -1.99. The molecule has 0 saturated carbocycles. The lowest BCUT2D eigenvalue weighted by molar-refractivity contribution is 0.303. The molecule has 0 aromatic heterocycles. The third-order valence-electron chi connectivity index (χ3n) is 2.73. The van der Waals surface area contributed by atoms with E-state index in [4.69, 9.17) is 22.1 Å². The minimum absolute atomic E-state index is 0.481. The Morgan fingerprint density at radius 3 is 2.79 bits per heavy atom. The lowest BCUT2D eigenvalue weighted by atomic mass is 10.1. The summed E-state index contributed by atoms with van der Waals surface area (Å²) >= 11 is 5.94. The van der Waals surface area contributed by atoms with E-state index in [1.165, 1.54) is 0 Å². The first-order valence-electron chi connectivity index (χ1n) is 6.05. The molecule has 0 unspecified atom stereocenters. The molecule has 2 nitrogen and oxygen atoms in total. The average Bonchev–Trinajstić information content (AvgIpc) is 2.38. The summed E-state index contributed by atoms with van der Waals surface area (Å²) in [5.41, 5.74) is 8.58. The highest BCUT2D eigenvalue weighted by molar-refractivity contribution is 6.30. The molecule has 0 amide bonds. The van der Waals surface area contributed by atoms with Crippen molar-refractivity contribution in [3.8, 4) is 5.75 Å². The Hall–Kier alpha value is -1.93. The molecule has 2 aromatic rings. The standard InChI is InChI=1S/C16H16ClNO/c1-2-4-13-10-15(18)7-8-16(13)19-11-12-5-3-6-14(17)9-12/h2-3,5-10H,1,4,11,18H2. The Kier molecular flexibility index (Phi) is 4.48. The molecule has 0 bridgehead atoms. The van der Waals surface area contributed by atoms with Crippen molar-refractivity contribution in [2.75, 3.05) is 5.73 Å². The molecule has 0 radical (unpaired) electrons. The minimum atomic E-state index is 0.481. The van der Waals surface area contributed by atoms with Crippen LogP contribution in [-0.2, 0) is 13.0 Å². The summed E-state index contributed by atoms with van der Waals surface area (Å²) in [7, 11) is 0. The number of allylic oxidation sites excluding steroid dienone is 1. The molecule has 0 fully saturated rings. The van der Waals surface area contributed by atoms with E-state index in [0.29, 0.717) is 11.6 Å². The third kappa shape index (κ3) is 3.76. The van der Waals surface area contributed by atoms with Crippen molar-refractivity contribution in [1.82, 2.24) is 0 Å². The largest absolute Gasteiger partial charge is 0.489 e. The van der Waals surface area contributed by atoms with Gasteiger partial charge >= 0.3 is 0 Å². The van der Waals surface area contributed by atoms with Crippen LogP contribution in [0.4, 0.5) is 5.69 Å². The summed E-state index contributed by atoms with van der Waals surface area (Å²) in [6, 6.07) is 13.3. The fourth-order valence-electron chi connectivity index (χ4n) is 1.84. The van der Waals surface area contributed by atoms with E-state index in [9.17, 15) is 0 Å². The van der Waals surface area contributed by atoms with Gasteiger partial charge in [0, 0.05) is 10.7 Å². The van der Waals surface area contributed by atoms with Gasteiger partial charge in [-0.25, -0.2) is 0 Å². The number of halogens is 1. The second-order valence-corrected chi connectivity index (χ2v) is 4.71. The van der Waals surface area contributed by atoms with Gasteiger partial charge in [-0.15, -0.1) is 6.58 Å². The molecule has 0 aliphatic rings. The Bertz CT molecular complexity index is 581. The third-order valence-corrected chi connectivity index (χ3v) is 2.97. The molecule has 98 valence electrons. The molecule has 0 aliphatic heterocycles. The lowest BCUT2D eigenvalue weighted by Gasteiger charge is -2.11. The molecule has 2 N–H and O–H groups in total. The predicted octanol–water partition coefficient (Wildman–Crippen LogP) is 4.23. The van der Waals surface area contributed by atoms with Crippen molar-refractivity contribution in [3.05, 3.63) is 71.3 Å². The zero-order valence-electron chi connectivity index (χ0n) is 10.6. The van der Waals surface area contributed by atoms with E-state index in [1.807, 2.05) is 48.5 Å². The highest BCUT2D eigenvalue weighted by Gasteiger charge is 2.04. The zero-order valence-corrected chi connectivity index (χ0v) is 11.4. The molecule has 19 heavy (non-hydrogen) atoms. The van der Waals surface area contributed by atoms with Gasteiger partial charge in [0.2, 0.25) is 0 Å². The Balaban J connectivity index is 2.12. The highest BCUT2D eigenvalue weighted by Crippen LogP contribution is 2.23. The maximum atomic E-state index is 5.94. The van der Waals surface area contributed by atoms with E-state index in [0.717, 1.165) is 29.0 Å². The van der Waals surface area contributed by atoms with Gasteiger partial charge in [0.1, 0.15) is 12.4 Å². The first kappa shape index (κ1) is 13.5. The van der Waals surface area contributed by atoms with Crippen LogP contribution in [0.2, 0.25) is 5.02 Å². The first-order chi connectivity index (χ1) is 9.19. The van der Waals surface area contributed by atoms with Gasteiger partial charge in [0.05, 0.1) is 0 Å². The number of anilines is 1. The van der Waals surface area contributed by atoms with Crippen LogP contribution in [0, 0.1) is 0 Å². The van der Waals surface area contributed by atoms with Gasteiger partial charge in [-0.3, -0.25) is 0 Å². The van der Waals surface area contributed by atoms with Crippen molar-refractivity contribution in [3.63, 3.8) is 0 Å². The average molecular weight is 274 g/mol. The van der Waals surface area contributed by atoms with Gasteiger partial charge in [-0.1, -0.05) is 29.8 Å². The number of benzene rings is 2. The molecule has 2 aromatic carbocycles. The Labute approximate surface area is 118 Å². The van der Waals surface area contributed by atoms with E-state index in [1.54, 1.807) is 0 Å². The van der Waals surface area contributed by atoms with Crippen LogP contribution in [0.1, 0.15) is 11.1 Å². The number of hydrogen-bond donors (Lipinski definition) is 1. The fraction of sp³-hybridized carbons (Fsp3) is 0.125. The van der Waals surface area contributed by atoms with E-state index in [-0.39, 0.29) is 0 Å². The second kappa shape index (κ2) is 6.30. The van der Waals surface area contributed by atoms with Crippen molar-refractivity contribution in [2.45, 2.75) is 13.0 Å². The van der Waals surface area contributed by atoms with Crippen LogP contribution >= 0.6 is 11.6 Å². The summed E-state index contributed by atoms with van der Waals surface area (Å²) in [6.45, 7) is 4.22. The molecule has 0 spiro atoms. The van der Waals surface area contributed by atoms with E-state index >= 15 is 0 Å². The van der Waals surface area contributed by atoms with Gasteiger partial charge in [-0.05, 0) is 47.9 Å².